The molecule has 0 fully saturated rings. The average molecular weight is 209 g/mol. The van der Waals surface area contributed by atoms with Gasteiger partial charge in [-0.3, -0.25) is 0 Å². The zero-order valence-corrected chi connectivity index (χ0v) is 9.12. The van der Waals surface area contributed by atoms with Crippen LogP contribution in [0.4, 0.5) is 0 Å². The summed E-state index contributed by atoms with van der Waals surface area (Å²) in [7, 11) is 4.58. The molecule has 6 heteroatoms. The number of nitrogens with one attached hydrogen (secondary N) is 2. The van der Waals surface area contributed by atoms with Crippen molar-refractivity contribution in [2.24, 2.45) is 4.90 Å². The predicted octanol–water partition coefficient (Wildman–Crippen LogP) is -0.341. The van der Waals surface area contributed by atoms with Crippen LogP contribution in [0.3, 0.4) is 0 Å². The SMILES string of the molecule is C=CB=NC(=O)CCC(NC)C(=O)NC. The van der Waals surface area contributed by atoms with Crippen LogP contribution in [-0.2, 0) is 9.59 Å². The second-order valence-corrected chi connectivity index (χ2v) is 2.90. The quantitative estimate of drug-likeness (QED) is 0.588. The number of nitrogens with zero attached hydrogens (tertiary/aromatic N) is 1. The van der Waals surface area contributed by atoms with E-state index in [1.165, 1.54) is 13.0 Å². The summed E-state index contributed by atoms with van der Waals surface area (Å²) in [5.74, 6) is 1.06. The summed E-state index contributed by atoms with van der Waals surface area (Å²) in [5, 5.41) is 5.34. The number of carbonyl (C=O) groups is 2. The van der Waals surface area contributed by atoms with Crippen molar-refractivity contribution in [1.82, 2.24) is 10.6 Å². The molecule has 0 aliphatic heterocycles. The molecule has 0 saturated heterocycles. The zero-order chi connectivity index (χ0) is 11.7. The van der Waals surface area contributed by atoms with Crippen molar-refractivity contribution in [3.8, 4) is 0 Å². The molecule has 15 heavy (non-hydrogen) atoms. The van der Waals surface area contributed by atoms with E-state index in [0.29, 0.717) is 6.42 Å². The van der Waals surface area contributed by atoms with E-state index < -0.39 is 0 Å². The monoisotopic (exact) mass is 209 g/mol. The summed E-state index contributed by atoms with van der Waals surface area (Å²) in [5.41, 5.74) is 0. The summed E-state index contributed by atoms with van der Waals surface area (Å²) in [6.07, 6.45) is 0.673. The van der Waals surface area contributed by atoms with E-state index in [-0.39, 0.29) is 24.3 Å². The second kappa shape index (κ2) is 8.05. The van der Waals surface area contributed by atoms with Gasteiger partial charge in [-0.1, -0.05) is 0 Å². The topological polar surface area (TPSA) is 70.6 Å². The van der Waals surface area contributed by atoms with Gasteiger partial charge in [0, 0.05) is 0 Å². The molecule has 0 aliphatic rings. The van der Waals surface area contributed by atoms with Gasteiger partial charge in [0.05, 0.1) is 0 Å². The van der Waals surface area contributed by atoms with E-state index in [1.807, 2.05) is 0 Å². The Hall–Kier alpha value is -1.30. The molecule has 0 aromatic heterocycles. The third kappa shape index (κ3) is 5.90. The molecule has 2 N–H and O–H groups in total. The van der Waals surface area contributed by atoms with Crippen LogP contribution in [0.1, 0.15) is 12.8 Å². The summed E-state index contributed by atoms with van der Waals surface area (Å²) in [4.78, 5) is 26.0. The molecular weight excluding hydrogens is 193 g/mol. The van der Waals surface area contributed by atoms with Crippen LogP contribution >= 0.6 is 0 Å². The van der Waals surface area contributed by atoms with Gasteiger partial charge in [-0.25, -0.2) is 0 Å². The molecule has 2 amide bonds. The van der Waals surface area contributed by atoms with E-state index in [0.717, 1.165) is 0 Å². The molecule has 5 nitrogen and oxygen atoms in total. The Morgan fingerprint density at radius 2 is 2.20 bits per heavy atom. The maximum atomic E-state index is 11.2. The van der Waals surface area contributed by atoms with Crippen LogP contribution in [-0.4, -0.2) is 39.0 Å². The molecule has 1 unspecified atom stereocenters. The summed E-state index contributed by atoms with van der Waals surface area (Å²) < 4.78 is 0. The van der Waals surface area contributed by atoms with E-state index in [4.69, 9.17) is 0 Å². The van der Waals surface area contributed by atoms with Crippen LogP contribution < -0.4 is 10.6 Å². The van der Waals surface area contributed by atoms with Crippen molar-refractivity contribution in [2.45, 2.75) is 18.9 Å². The third-order valence-corrected chi connectivity index (χ3v) is 1.88. The van der Waals surface area contributed by atoms with E-state index >= 15 is 0 Å². The first-order valence-corrected chi connectivity index (χ1v) is 4.72. The van der Waals surface area contributed by atoms with E-state index in [9.17, 15) is 9.59 Å². The minimum atomic E-state index is -0.349. The molecule has 0 saturated carbocycles. The molecule has 0 heterocycles. The molecule has 0 aromatic carbocycles. The van der Waals surface area contributed by atoms with Gasteiger partial charge in [0.1, 0.15) is 0 Å². The molecule has 0 bridgehead atoms. The Kier molecular flexibility index (Phi) is 7.35. The van der Waals surface area contributed by atoms with Gasteiger partial charge >= 0.3 is 89.5 Å². The maximum absolute atomic E-state index is 11.2. The molecule has 0 aromatic rings. The first kappa shape index (κ1) is 13.7. The zero-order valence-electron chi connectivity index (χ0n) is 9.12. The van der Waals surface area contributed by atoms with Crippen LogP contribution in [0.5, 0.6) is 0 Å². The predicted molar refractivity (Wildman–Crippen MR) is 59.5 cm³/mol. The number of likely N-dealkylation sites (N-methyl/N-ethyl adjacent to an activating group) is 2. The first-order valence-electron chi connectivity index (χ1n) is 4.72. The van der Waals surface area contributed by atoms with Gasteiger partial charge < -0.3 is 0 Å². The number of carbonyl (C=O) groups excluding carboxylic acids is 2. The van der Waals surface area contributed by atoms with Gasteiger partial charge in [-0.15, -0.1) is 0 Å². The molecule has 0 rings (SSSR count). The normalized spacial score (nSPS) is 11.9. The summed E-state index contributed by atoms with van der Waals surface area (Å²) >= 11 is 0. The van der Waals surface area contributed by atoms with E-state index in [2.05, 4.69) is 22.1 Å². The molecule has 82 valence electrons. The number of hydrogen-bond acceptors (Lipinski definition) is 3. The first-order chi connectivity index (χ1) is 7.15. The molecular formula is C9H16BN3O2. The molecule has 0 spiro atoms. The van der Waals surface area contributed by atoms with Gasteiger partial charge in [0.25, 0.3) is 0 Å². The van der Waals surface area contributed by atoms with Gasteiger partial charge in [0.2, 0.25) is 0 Å². The van der Waals surface area contributed by atoms with Crippen molar-refractivity contribution >= 4 is 18.9 Å². The van der Waals surface area contributed by atoms with Crippen LogP contribution in [0.15, 0.2) is 17.4 Å². The van der Waals surface area contributed by atoms with Crippen LogP contribution in [0.2, 0.25) is 0 Å². The minimum absolute atomic E-state index is 0.127. The fourth-order valence-electron chi connectivity index (χ4n) is 1.05. The molecule has 0 radical (unpaired) electrons. The Morgan fingerprint density at radius 1 is 1.53 bits per heavy atom. The van der Waals surface area contributed by atoms with Crippen LogP contribution in [0, 0.1) is 0 Å². The van der Waals surface area contributed by atoms with Crippen molar-refractivity contribution < 1.29 is 9.59 Å². The van der Waals surface area contributed by atoms with E-state index in [1.54, 1.807) is 14.1 Å². The third-order valence-electron chi connectivity index (χ3n) is 1.88. The summed E-state index contributed by atoms with van der Waals surface area (Å²) in [6.45, 7) is 3.41. The summed E-state index contributed by atoms with van der Waals surface area (Å²) in [6, 6.07) is -0.349. The Labute approximate surface area is 90.3 Å². The van der Waals surface area contributed by atoms with Gasteiger partial charge in [0.15, 0.2) is 0 Å². The van der Waals surface area contributed by atoms with Crippen molar-refractivity contribution in [3.05, 3.63) is 12.6 Å². The van der Waals surface area contributed by atoms with Crippen molar-refractivity contribution in [3.63, 3.8) is 0 Å². The molecule has 0 aliphatic carbocycles. The van der Waals surface area contributed by atoms with Gasteiger partial charge in [-0.2, -0.15) is 0 Å². The van der Waals surface area contributed by atoms with Crippen molar-refractivity contribution in [2.75, 3.05) is 14.1 Å². The number of amides is 2. The Bertz CT molecular complexity index is 266. The Balaban J connectivity index is 4.00. The number of rotatable bonds is 6. The fraction of sp³-hybridized carbons (Fsp3) is 0.556. The fourth-order valence-corrected chi connectivity index (χ4v) is 1.05. The molecule has 1 atom stereocenters. The number of hydrogen-bond donors (Lipinski definition) is 2. The van der Waals surface area contributed by atoms with Gasteiger partial charge in [-0.05, 0) is 0 Å². The van der Waals surface area contributed by atoms with Crippen molar-refractivity contribution in [1.29, 1.82) is 0 Å². The van der Waals surface area contributed by atoms with Crippen LogP contribution in [0.25, 0.3) is 0 Å². The Morgan fingerprint density at radius 3 is 2.67 bits per heavy atom. The second-order valence-electron chi connectivity index (χ2n) is 2.90. The standard InChI is InChI=1S/C9H16BN3O2/c1-4-10-13-8(14)6-5-7(11-2)9(15)12-3/h4,7,11H,1,5-6H2,2-3H3,(H,12,15). The average Bonchev–Trinajstić information content (AvgIpc) is 2.26.